The first-order chi connectivity index (χ1) is 20.8. The molecule has 0 spiro atoms. The number of nitrogens with one attached hydrogen (secondary N) is 2. The normalized spacial score (nSPS) is 17.3. The molecule has 3 aromatic rings. The minimum Gasteiger partial charge on any atom is -0.481 e. The zero-order valence-electron chi connectivity index (χ0n) is 23.4. The van der Waals surface area contributed by atoms with Gasteiger partial charge in [-0.1, -0.05) is 23.7 Å². The fourth-order valence-corrected chi connectivity index (χ4v) is 5.46. The fourth-order valence-electron chi connectivity index (χ4n) is 5.27. The summed E-state index contributed by atoms with van der Waals surface area (Å²) in [7, 11) is 0. The van der Waals surface area contributed by atoms with Crippen molar-refractivity contribution in [3.05, 3.63) is 88.7 Å². The van der Waals surface area contributed by atoms with E-state index in [2.05, 4.69) is 20.5 Å². The van der Waals surface area contributed by atoms with Crippen molar-refractivity contribution in [3.8, 4) is 0 Å². The molecule has 2 aliphatic heterocycles. The van der Waals surface area contributed by atoms with Crippen LogP contribution in [0.25, 0.3) is 0 Å². The van der Waals surface area contributed by atoms with E-state index >= 15 is 0 Å². The molecule has 2 saturated heterocycles. The van der Waals surface area contributed by atoms with Gasteiger partial charge in [-0.2, -0.15) is 0 Å². The van der Waals surface area contributed by atoms with Gasteiger partial charge in [0.25, 0.3) is 17.7 Å². The standard InChI is InChI=1S/C31H32ClN5O6/c32-23-6-1-4-20(16-23)29(40)35-25-17-21(30(41)34-24(18-28(38)39)22-5-2-10-33-19-22)8-9-26(25)36-11-13-37(14-12-36)31(42)27-7-3-15-43-27/h1-2,4-6,8-10,16-17,19,24,27H,3,7,11-15,18H2,(H,34,41)(H,35,40)(H,38,39). The number of piperazine rings is 1. The zero-order chi connectivity index (χ0) is 30.3. The smallest absolute Gasteiger partial charge is 0.305 e. The quantitative estimate of drug-likeness (QED) is 0.335. The molecule has 2 unspecified atom stereocenters. The van der Waals surface area contributed by atoms with Crippen molar-refractivity contribution in [2.75, 3.05) is 43.0 Å². The van der Waals surface area contributed by atoms with E-state index in [9.17, 15) is 24.3 Å². The van der Waals surface area contributed by atoms with Crippen molar-refractivity contribution < 1.29 is 29.0 Å². The molecule has 2 aliphatic rings. The fraction of sp³-hybridized carbons (Fsp3) is 0.323. The number of hydrogen-bond acceptors (Lipinski definition) is 7. The van der Waals surface area contributed by atoms with E-state index in [4.69, 9.17) is 16.3 Å². The second-order valence-electron chi connectivity index (χ2n) is 10.4. The van der Waals surface area contributed by atoms with Crippen LogP contribution < -0.4 is 15.5 Å². The summed E-state index contributed by atoms with van der Waals surface area (Å²) in [4.78, 5) is 58.9. The molecule has 0 radical (unpaired) electrons. The van der Waals surface area contributed by atoms with Crippen molar-refractivity contribution in [2.45, 2.75) is 31.4 Å². The first-order valence-corrected chi connectivity index (χ1v) is 14.4. The first-order valence-electron chi connectivity index (χ1n) is 14.1. The summed E-state index contributed by atoms with van der Waals surface area (Å²) >= 11 is 6.10. The molecule has 3 heterocycles. The summed E-state index contributed by atoms with van der Waals surface area (Å²) < 4.78 is 5.57. The number of carbonyl (C=O) groups is 4. The number of aromatic nitrogens is 1. The number of carboxylic acid groups (broad SMARTS) is 1. The van der Waals surface area contributed by atoms with E-state index < -0.39 is 23.8 Å². The predicted octanol–water partition coefficient (Wildman–Crippen LogP) is 3.76. The van der Waals surface area contributed by atoms with Gasteiger partial charge >= 0.3 is 5.97 Å². The number of anilines is 2. The molecule has 2 fully saturated rings. The van der Waals surface area contributed by atoms with E-state index in [1.54, 1.807) is 65.7 Å². The number of halogens is 1. The number of carboxylic acids is 1. The highest BCUT2D eigenvalue weighted by molar-refractivity contribution is 6.31. The Balaban J connectivity index is 1.38. The summed E-state index contributed by atoms with van der Waals surface area (Å²) in [5, 5.41) is 15.5. The van der Waals surface area contributed by atoms with E-state index in [1.807, 2.05) is 0 Å². The van der Waals surface area contributed by atoms with Gasteiger partial charge in [0.1, 0.15) is 6.10 Å². The molecule has 12 heteroatoms. The molecule has 3 N–H and O–H groups in total. The number of aliphatic carboxylic acids is 1. The molecule has 2 aromatic carbocycles. The Morgan fingerprint density at radius 1 is 1.00 bits per heavy atom. The molecular formula is C31H32ClN5O6. The topological polar surface area (TPSA) is 141 Å². The lowest BCUT2D eigenvalue weighted by Crippen LogP contribution is -2.51. The number of amides is 3. The summed E-state index contributed by atoms with van der Waals surface area (Å²) in [6.07, 6.45) is 3.98. The van der Waals surface area contributed by atoms with E-state index in [0.29, 0.717) is 60.3 Å². The van der Waals surface area contributed by atoms with Gasteiger partial charge in [-0.3, -0.25) is 24.2 Å². The van der Waals surface area contributed by atoms with Crippen LogP contribution in [0.4, 0.5) is 11.4 Å². The van der Waals surface area contributed by atoms with Crippen molar-refractivity contribution in [2.24, 2.45) is 0 Å². The van der Waals surface area contributed by atoms with Crippen molar-refractivity contribution in [1.29, 1.82) is 0 Å². The van der Waals surface area contributed by atoms with E-state index in [1.165, 1.54) is 6.20 Å². The van der Waals surface area contributed by atoms with Gasteiger partial charge < -0.3 is 30.3 Å². The van der Waals surface area contributed by atoms with Crippen LogP contribution in [0.3, 0.4) is 0 Å². The van der Waals surface area contributed by atoms with Crippen LogP contribution in [0.1, 0.15) is 51.6 Å². The van der Waals surface area contributed by atoms with Gasteiger partial charge in [0.2, 0.25) is 0 Å². The first kappa shape index (κ1) is 30.0. The van der Waals surface area contributed by atoms with Crippen LogP contribution in [0.2, 0.25) is 5.02 Å². The second-order valence-corrected chi connectivity index (χ2v) is 10.9. The number of nitrogens with zero attached hydrogens (tertiary/aromatic N) is 3. The number of rotatable bonds is 9. The molecule has 1 aromatic heterocycles. The zero-order valence-corrected chi connectivity index (χ0v) is 24.1. The lowest BCUT2D eigenvalue weighted by atomic mass is 10.0. The van der Waals surface area contributed by atoms with Gasteiger partial charge in [-0.25, -0.2) is 0 Å². The van der Waals surface area contributed by atoms with Gasteiger partial charge in [-0.15, -0.1) is 0 Å². The van der Waals surface area contributed by atoms with Gasteiger partial charge in [-0.05, 0) is 60.9 Å². The lowest BCUT2D eigenvalue weighted by Gasteiger charge is -2.37. The number of pyridine rings is 1. The Bertz CT molecular complexity index is 1490. The number of carbonyl (C=O) groups excluding carboxylic acids is 3. The van der Waals surface area contributed by atoms with Crippen LogP contribution in [0, 0.1) is 0 Å². The molecule has 2 atom stereocenters. The summed E-state index contributed by atoms with van der Waals surface area (Å²) in [5.41, 5.74) is 2.22. The Morgan fingerprint density at radius 3 is 2.47 bits per heavy atom. The molecule has 224 valence electrons. The molecule has 11 nitrogen and oxygen atoms in total. The third-order valence-corrected chi connectivity index (χ3v) is 7.74. The Labute approximate surface area is 253 Å². The average Bonchev–Trinajstić information content (AvgIpc) is 3.56. The second kappa shape index (κ2) is 13.7. The molecule has 0 bridgehead atoms. The number of hydrogen-bond donors (Lipinski definition) is 3. The molecule has 5 rings (SSSR count). The molecule has 0 aliphatic carbocycles. The minimum atomic E-state index is -1.07. The maximum atomic E-state index is 13.4. The van der Waals surface area contributed by atoms with Gasteiger partial charge in [0.15, 0.2) is 0 Å². The van der Waals surface area contributed by atoms with Crippen LogP contribution in [0.5, 0.6) is 0 Å². The highest BCUT2D eigenvalue weighted by Crippen LogP contribution is 2.30. The highest BCUT2D eigenvalue weighted by Gasteiger charge is 2.31. The van der Waals surface area contributed by atoms with Crippen LogP contribution in [0.15, 0.2) is 67.0 Å². The maximum Gasteiger partial charge on any atom is 0.305 e. The van der Waals surface area contributed by atoms with Gasteiger partial charge in [0.05, 0.1) is 23.8 Å². The van der Waals surface area contributed by atoms with Crippen LogP contribution in [-0.2, 0) is 14.3 Å². The molecule has 43 heavy (non-hydrogen) atoms. The van der Waals surface area contributed by atoms with E-state index in [0.717, 1.165) is 12.8 Å². The third-order valence-electron chi connectivity index (χ3n) is 7.50. The predicted molar refractivity (Wildman–Crippen MR) is 160 cm³/mol. The molecular weight excluding hydrogens is 574 g/mol. The van der Waals surface area contributed by atoms with E-state index in [-0.39, 0.29) is 24.0 Å². The third kappa shape index (κ3) is 7.49. The summed E-state index contributed by atoms with van der Waals surface area (Å²) in [6, 6.07) is 14.0. The molecule has 0 saturated carbocycles. The lowest BCUT2D eigenvalue weighted by molar-refractivity contribution is -0.141. The van der Waals surface area contributed by atoms with Crippen molar-refractivity contribution in [3.63, 3.8) is 0 Å². The van der Waals surface area contributed by atoms with Crippen molar-refractivity contribution in [1.82, 2.24) is 15.2 Å². The number of ether oxygens (including phenoxy) is 1. The monoisotopic (exact) mass is 605 g/mol. The maximum absolute atomic E-state index is 13.4. The largest absolute Gasteiger partial charge is 0.481 e. The summed E-state index contributed by atoms with van der Waals surface area (Å²) in [6.45, 7) is 2.62. The highest BCUT2D eigenvalue weighted by atomic mass is 35.5. The minimum absolute atomic E-state index is 0.00295. The SMILES string of the molecule is O=C(O)CC(NC(=O)c1ccc(N2CCN(C(=O)C3CCCO3)CC2)c(NC(=O)c2cccc(Cl)c2)c1)c1cccnc1. The van der Waals surface area contributed by atoms with Crippen LogP contribution in [-0.4, -0.2) is 77.6 Å². The Hall–Kier alpha value is -4.48. The average molecular weight is 606 g/mol. The Kier molecular flexibility index (Phi) is 9.53. The molecule has 3 amide bonds. The van der Waals surface area contributed by atoms with Crippen LogP contribution >= 0.6 is 11.6 Å². The summed E-state index contributed by atoms with van der Waals surface area (Å²) in [5.74, 6) is -1.99. The number of benzene rings is 2. The van der Waals surface area contributed by atoms with Crippen molar-refractivity contribution >= 4 is 46.7 Å². The van der Waals surface area contributed by atoms with Gasteiger partial charge in [0, 0.05) is 61.3 Å². The Morgan fingerprint density at radius 2 is 1.79 bits per heavy atom.